The van der Waals surface area contributed by atoms with E-state index in [2.05, 4.69) is 25.9 Å². The first-order valence-electron chi connectivity index (χ1n) is 13.1. The average molecular weight is 556 g/mol. The van der Waals surface area contributed by atoms with Gasteiger partial charge < -0.3 is 29.5 Å². The van der Waals surface area contributed by atoms with Crippen LogP contribution in [0.3, 0.4) is 0 Å². The number of carbonyl (C=O) groups excluding carboxylic acids is 2. The minimum absolute atomic E-state index is 0.110. The van der Waals surface area contributed by atoms with Crippen molar-refractivity contribution >= 4 is 34.2 Å². The molecule has 5 aromatic rings. The van der Waals surface area contributed by atoms with Crippen LogP contribution in [0.1, 0.15) is 16.1 Å². The number of piperazine rings is 1. The first-order valence-corrected chi connectivity index (χ1v) is 13.1. The number of nitrogens with zero attached hydrogens (tertiary/aromatic N) is 5. The molecule has 0 unspecified atom stereocenters. The Hall–Kier alpha value is -5.26. The Morgan fingerprint density at radius 2 is 1.85 bits per heavy atom. The van der Waals surface area contributed by atoms with E-state index in [0.29, 0.717) is 66.8 Å². The Morgan fingerprint density at radius 3 is 2.66 bits per heavy atom. The standard InChI is InChI=1S/C29H26FN7O4/c30-23-15-20(25-16-22(41-34-25)17-32-27-7-13-40-35-27)4-6-26(23)36-9-11-37(12-10-36)28(38)18-33-29(39)21-3-5-24-19(14-21)2-1-8-31-24/h1-8,13-16H,9-12,17-18H2,(H,32,35)(H,33,39). The van der Waals surface area contributed by atoms with Gasteiger partial charge in [-0.1, -0.05) is 22.4 Å². The van der Waals surface area contributed by atoms with Crippen LogP contribution in [0, 0.1) is 5.82 Å². The highest BCUT2D eigenvalue weighted by Gasteiger charge is 2.24. The van der Waals surface area contributed by atoms with E-state index < -0.39 is 0 Å². The van der Waals surface area contributed by atoms with Crippen molar-refractivity contribution in [2.24, 2.45) is 0 Å². The number of pyridine rings is 1. The Balaban J connectivity index is 1.00. The molecule has 6 rings (SSSR count). The third-order valence-electron chi connectivity index (χ3n) is 6.92. The van der Waals surface area contributed by atoms with Crippen molar-refractivity contribution in [3.8, 4) is 11.3 Å². The molecule has 0 aliphatic carbocycles. The molecule has 208 valence electrons. The van der Waals surface area contributed by atoms with Gasteiger partial charge in [-0.15, -0.1) is 0 Å². The normalized spacial score (nSPS) is 13.4. The van der Waals surface area contributed by atoms with E-state index in [4.69, 9.17) is 9.05 Å². The minimum Gasteiger partial charge on any atom is -0.366 e. The summed E-state index contributed by atoms with van der Waals surface area (Å²) in [4.78, 5) is 33.2. The molecule has 1 fully saturated rings. The lowest BCUT2D eigenvalue weighted by atomic mass is 10.1. The smallest absolute Gasteiger partial charge is 0.251 e. The summed E-state index contributed by atoms with van der Waals surface area (Å²) >= 11 is 0. The molecule has 12 heteroatoms. The molecule has 0 saturated carbocycles. The Kier molecular flexibility index (Phi) is 7.27. The van der Waals surface area contributed by atoms with E-state index in [-0.39, 0.29) is 24.2 Å². The van der Waals surface area contributed by atoms with E-state index >= 15 is 4.39 Å². The van der Waals surface area contributed by atoms with E-state index in [1.165, 1.54) is 12.3 Å². The maximum atomic E-state index is 15.1. The molecule has 41 heavy (non-hydrogen) atoms. The second-order valence-electron chi connectivity index (χ2n) is 9.54. The number of benzene rings is 2. The maximum Gasteiger partial charge on any atom is 0.251 e. The zero-order valence-electron chi connectivity index (χ0n) is 21.9. The van der Waals surface area contributed by atoms with Crippen LogP contribution in [0.15, 0.2) is 82.2 Å². The quantitative estimate of drug-likeness (QED) is 0.294. The SMILES string of the molecule is O=C(NCC(=O)N1CCN(c2ccc(-c3cc(CNc4ccon4)on3)cc2F)CC1)c1ccc2ncccc2c1. The molecule has 0 spiro atoms. The number of anilines is 2. The van der Waals surface area contributed by atoms with Crippen LogP contribution in [-0.4, -0.2) is 64.7 Å². The molecule has 1 aliphatic rings. The first kappa shape index (κ1) is 26.0. The van der Waals surface area contributed by atoms with Crippen molar-refractivity contribution in [2.45, 2.75) is 6.54 Å². The fraction of sp³-hybridized carbons (Fsp3) is 0.207. The van der Waals surface area contributed by atoms with Crippen molar-refractivity contribution in [2.75, 3.05) is 42.9 Å². The van der Waals surface area contributed by atoms with Gasteiger partial charge in [-0.25, -0.2) is 4.39 Å². The maximum absolute atomic E-state index is 15.1. The van der Waals surface area contributed by atoms with E-state index in [0.717, 1.165) is 10.9 Å². The molecule has 1 saturated heterocycles. The number of amides is 2. The fourth-order valence-electron chi connectivity index (χ4n) is 4.72. The molecule has 1 aliphatic heterocycles. The summed E-state index contributed by atoms with van der Waals surface area (Å²) in [7, 11) is 0. The number of halogens is 1. The third-order valence-corrected chi connectivity index (χ3v) is 6.92. The summed E-state index contributed by atoms with van der Waals surface area (Å²) in [6, 6.07) is 17.3. The van der Waals surface area contributed by atoms with Crippen LogP contribution >= 0.6 is 0 Å². The monoisotopic (exact) mass is 555 g/mol. The second-order valence-corrected chi connectivity index (χ2v) is 9.54. The molecule has 2 N–H and O–H groups in total. The van der Waals surface area contributed by atoms with Crippen molar-refractivity contribution in [1.82, 2.24) is 25.5 Å². The van der Waals surface area contributed by atoms with Gasteiger partial charge in [0, 0.05) is 61.0 Å². The summed E-state index contributed by atoms with van der Waals surface area (Å²) in [5.74, 6) is 0.250. The topological polar surface area (TPSA) is 130 Å². The van der Waals surface area contributed by atoms with Gasteiger partial charge in [-0.3, -0.25) is 14.6 Å². The lowest BCUT2D eigenvalue weighted by Gasteiger charge is -2.36. The minimum atomic E-state index is -0.384. The highest BCUT2D eigenvalue weighted by molar-refractivity contribution is 5.99. The molecule has 3 aromatic heterocycles. The zero-order chi connectivity index (χ0) is 28.2. The van der Waals surface area contributed by atoms with Gasteiger partial charge in [-0.2, -0.15) is 0 Å². The lowest BCUT2D eigenvalue weighted by Crippen LogP contribution is -2.51. The predicted octanol–water partition coefficient (Wildman–Crippen LogP) is 3.71. The van der Waals surface area contributed by atoms with Gasteiger partial charge in [0.2, 0.25) is 5.91 Å². The summed E-state index contributed by atoms with van der Waals surface area (Å²) in [6.07, 6.45) is 3.16. The van der Waals surface area contributed by atoms with Gasteiger partial charge >= 0.3 is 0 Å². The molecule has 11 nitrogen and oxygen atoms in total. The molecular weight excluding hydrogens is 529 g/mol. The predicted molar refractivity (Wildman–Crippen MR) is 149 cm³/mol. The van der Waals surface area contributed by atoms with Gasteiger partial charge in [-0.05, 0) is 36.4 Å². The number of aromatic nitrogens is 3. The van der Waals surface area contributed by atoms with Crippen LogP contribution < -0.4 is 15.5 Å². The summed E-state index contributed by atoms with van der Waals surface area (Å²) in [5.41, 5.74) is 2.83. The molecule has 2 aromatic carbocycles. The Labute approximate surface area is 233 Å². The number of fused-ring (bicyclic) bond motifs is 1. The van der Waals surface area contributed by atoms with Gasteiger partial charge in [0.05, 0.1) is 24.3 Å². The number of rotatable bonds is 8. The van der Waals surface area contributed by atoms with Crippen LogP contribution in [0.5, 0.6) is 0 Å². The second kappa shape index (κ2) is 11.5. The van der Waals surface area contributed by atoms with E-state index in [9.17, 15) is 9.59 Å². The summed E-state index contributed by atoms with van der Waals surface area (Å²) in [5, 5.41) is 14.4. The molecule has 0 bridgehead atoms. The third kappa shape index (κ3) is 5.86. The van der Waals surface area contributed by atoms with Crippen LogP contribution in [0.2, 0.25) is 0 Å². The Morgan fingerprint density at radius 1 is 0.976 bits per heavy atom. The van der Waals surface area contributed by atoms with E-state index in [1.54, 1.807) is 53.6 Å². The van der Waals surface area contributed by atoms with Crippen molar-refractivity contribution in [3.05, 3.63) is 90.3 Å². The van der Waals surface area contributed by atoms with Gasteiger partial charge in [0.25, 0.3) is 5.91 Å². The molecule has 0 radical (unpaired) electrons. The zero-order valence-corrected chi connectivity index (χ0v) is 21.9. The summed E-state index contributed by atoms with van der Waals surface area (Å²) < 4.78 is 25.2. The van der Waals surface area contributed by atoms with Crippen LogP contribution in [-0.2, 0) is 11.3 Å². The number of hydrogen-bond acceptors (Lipinski definition) is 9. The van der Waals surface area contributed by atoms with Gasteiger partial charge in [0.15, 0.2) is 11.6 Å². The van der Waals surface area contributed by atoms with E-state index in [1.807, 2.05) is 17.0 Å². The van der Waals surface area contributed by atoms with Crippen molar-refractivity contribution in [3.63, 3.8) is 0 Å². The van der Waals surface area contributed by atoms with Crippen LogP contribution in [0.4, 0.5) is 15.9 Å². The summed E-state index contributed by atoms with van der Waals surface area (Å²) in [6.45, 7) is 2.02. The molecular formula is C29H26FN7O4. The van der Waals surface area contributed by atoms with Gasteiger partial charge in [0.1, 0.15) is 17.8 Å². The average Bonchev–Trinajstić information content (AvgIpc) is 3.71. The van der Waals surface area contributed by atoms with Crippen molar-refractivity contribution in [1.29, 1.82) is 0 Å². The molecule has 0 atom stereocenters. The highest BCUT2D eigenvalue weighted by Crippen LogP contribution is 2.27. The van der Waals surface area contributed by atoms with Crippen LogP contribution in [0.25, 0.3) is 22.2 Å². The number of hydrogen-bond donors (Lipinski definition) is 2. The lowest BCUT2D eigenvalue weighted by molar-refractivity contribution is -0.130. The molecule has 4 heterocycles. The largest absolute Gasteiger partial charge is 0.366 e. The fourth-order valence-corrected chi connectivity index (χ4v) is 4.72. The van der Waals surface area contributed by atoms with Crippen molar-refractivity contribution < 1.29 is 23.0 Å². The number of nitrogens with one attached hydrogen (secondary N) is 2. The first-order chi connectivity index (χ1) is 20.0. The highest BCUT2D eigenvalue weighted by atomic mass is 19.1. The Bertz CT molecular complexity index is 1680. The molecule has 2 amide bonds. The number of carbonyl (C=O) groups is 2.